The molecule has 7 heteroatoms. The number of hydrogen-bond acceptors (Lipinski definition) is 4. The number of carbonyl (C=O) groups is 1. The van der Waals surface area contributed by atoms with Crippen LogP contribution in [-0.2, 0) is 4.74 Å². The molecule has 0 radical (unpaired) electrons. The Labute approximate surface area is 175 Å². The fraction of sp³-hybridized carbons (Fsp3) is 0.391. The van der Waals surface area contributed by atoms with Crippen LogP contribution < -0.4 is 10.1 Å². The first-order valence-corrected chi connectivity index (χ1v) is 10.0. The summed E-state index contributed by atoms with van der Waals surface area (Å²) < 4.78 is 23.7. The molecule has 0 bridgehead atoms. The summed E-state index contributed by atoms with van der Waals surface area (Å²) in [5.74, 6) is 0.733. The Hall–Kier alpha value is -3.09. The van der Waals surface area contributed by atoms with Crippen molar-refractivity contribution in [3.05, 3.63) is 48.2 Å². The molecule has 3 rings (SSSR count). The molecule has 1 amide bonds. The van der Waals surface area contributed by atoms with E-state index in [1.165, 1.54) is 0 Å². The van der Waals surface area contributed by atoms with Crippen molar-refractivity contribution >= 4 is 17.0 Å². The summed E-state index contributed by atoms with van der Waals surface area (Å²) in [7, 11) is 0. The molecule has 30 heavy (non-hydrogen) atoms. The van der Waals surface area contributed by atoms with Crippen molar-refractivity contribution in [1.29, 1.82) is 0 Å². The first-order valence-electron chi connectivity index (χ1n) is 10.0. The molecule has 1 unspecified atom stereocenters. The Kier molecular flexibility index (Phi) is 6.59. The minimum absolute atomic E-state index is 0.0112. The number of rotatable bonds is 7. The number of ether oxygens (including phenoxy) is 2. The highest BCUT2D eigenvalue weighted by atomic mass is 19.1. The third kappa shape index (κ3) is 5.28. The first-order chi connectivity index (χ1) is 14.3. The molecule has 1 heterocycles. The number of amides is 1. The average Bonchev–Trinajstić information content (AvgIpc) is 3.18. The highest BCUT2D eigenvalue weighted by Crippen LogP contribution is 2.36. The molecule has 0 saturated heterocycles. The van der Waals surface area contributed by atoms with Gasteiger partial charge in [-0.2, -0.15) is 5.10 Å². The standard InChI is InChI=1S/C23H28FN3O3/c1-15(13-25-22(28)30-23(2,3)4)16-5-7-17(8-6-16)18-9-10-20-19(14-26-27-20)21(18)29-12-11-24/h5-10,14-15H,11-13H2,1-4H3,(H,25,28)(H,26,27). The fourth-order valence-corrected chi connectivity index (χ4v) is 3.17. The van der Waals surface area contributed by atoms with Gasteiger partial charge in [-0.3, -0.25) is 5.10 Å². The van der Waals surface area contributed by atoms with Gasteiger partial charge < -0.3 is 14.8 Å². The summed E-state index contributed by atoms with van der Waals surface area (Å²) in [5.41, 5.74) is 3.25. The van der Waals surface area contributed by atoms with Crippen LogP contribution in [-0.4, -0.2) is 41.7 Å². The zero-order valence-electron chi connectivity index (χ0n) is 17.8. The van der Waals surface area contributed by atoms with Crippen LogP contribution in [0, 0.1) is 0 Å². The number of aromatic nitrogens is 2. The number of fused-ring (bicyclic) bond motifs is 1. The minimum atomic E-state index is -0.561. The zero-order valence-corrected chi connectivity index (χ0v) is 17.8. The quantitative estimate of drug-likeness (QED) is 0.558. The van der Waals surface area contributed by atoms with Gasteiger partial charge in [-0.25, -0.2) is 9.18 Å². The van der Waals surface area contributed by atoms with Crippen LogP contribution >= 0.6 is 0 Å². The minimum Gasteiger partial charge on any atom is -0.489 e. The van der Waals surface area contributed by atoms with Crippen molar-refractivity contribution in [1.82, 2.24) is 15.5 Å². The van der Waals surface area contributed by atoms with Crippen molar-refractivity contribution in [2.45, 2.75) is 39.2 Å². The number of carbonyl (C=O) groups excluding carboxylic acids is 1. The topological polar surface area (TPSA) is 76.2 Å². The van der Waals surface area contributed by atoms with Gasteiger partial charge in [-0.1, -0.05) is 31.2 Å². The van der Waals surface area contributed by atoms with Crippen molar-refractivity contribution in [3.63, 3.8) is 0 Å². The average molecular weight is 413 g/mol. The van der Waals surface area contributed by atoms with E-state index in [4.69, 9.17) is 9.47 Å². The van der Waals surface area contributed by atoms with Crippen LogP contribution in [0.4, 0.5) is 9.18 Å². The maximum atomic E-state index is 12.7. The lowest BCUT2D eigenvalue weighted by Crippen LogP contribution is -2.34. The summed E-state index contributed by atoms with van der Waals surface area (Å²) >= 11 is 0. The summed E-state index contributed by atoms with van der Waals surface area (Å²) in [6.07, 6.45) is 1.26. The molecule has 0 spiro atoms. The number of nitrogens with one attached hydrogen (secondary N) is 2. The molecule has 3 aromatic rings. The number of H-pyrrole nitrogens is 1. The first kappa shape index (κ1) is 21.6. The number of benzene rings is 2. The van der Waals surface area contributed by atoms with Crippen molar-refractivity contribution in [3.8, 4) is 16.9 Å². The van der Waals surface area contributed by atoms with E-state index in [1.54, 1.807) is 6.20 Å². The predicted octanol–water partition coefficient (Wildman–Crippen LogP) is 5.21. The highest BCUT2D eigenvalue weighted by Gasteiger charge is 2.17. The predicted molar refractivity (Wildman–Crippen MR) is 116 cm³/mol. The van der Waals surface area contributed by atoms with Gasteiger partial charge in [0.25, 0.3) is 0 Å². The molecule has 1 aromatic heterocycles. The van der Waals surface area contributed by atoms with Gasteiger partial charge in [0.2, 0.25) is 0 Å². The lowest BCUT2D eigenvalue weighted by molar-refractivity contribution is 0.0525. The molecule has 0 aliphatic carbocycles. The van der Waals surface area contributed by atoms with Crippen molar-refractivity contribution in [2.24, 2.45) is 0 Å². The van der Waals surface area contributed by atoms with Crippen LogP contribution in [0.25, 0.3) is 22.0 Å². The SMILES string of the molecule is CC(CNC(=O)OC(C)(C)C)c1ccc(-c2ccc3[nH]ncc3c2OCCF)cc1. The van der Waals surface area contributed by atoms with Gasteiger partial charge in [-0.05, 0) is 49.9 Å². The third-order valence-electron chi connectivity index (χ3n) is 4.64. The number of alkyl carbamates (subject to hydrolysis) is 1. The van der Waals surface area contributed by atoms with Crippen LogP contribution in [0.2, 0.25) is 0 Å². The maximum absolute atomic E-state index is 12.7. The van der Waals surface area contributed by atoms with E-state index in [2.05, 4.69) is 15.5 Å². The van der Waals surface area contributed by atoms with E-state index in [0.717, 1.165) is 27.6 Å². The molecule has 6 nitrogen and oxygen atoms in total. The molecule has 0 saturated carbocycles. The highest BCUT2D eigenvalue weighted by molar-refractivity contribution is 5.92. The molecule has 160 valence electrons. The Morgan fingerprint density at radius 3 is 2.60 bits per heavy atom. The normalized spacial score (nSPS) is 12.6. The van der Waals surface area contributed by atoms with Crippen LogP contribution in [0.5, 0.6) is 5.75 Å². The van der Waals surface area contributed by atoms with Gasteiger partial charge in [0.15, 0.2) is 0 Å². The smallest absolute Gasteiger partial charge is 0.407 e. The lowest BCUT2D eigenvalue weighted by Gasteiger charge is -2.21. The van der Waals surface area contributed by atoms with E-state index < -0.39 is 18.4 Å². The Bertz CT molecular complexity index is 993. The van der Waals surface area contributed by atoms with E-state index in [1.807, 2.05) is 64.1 Å². The molecule has 0 aliphatic rings. The lowest BCUT2D eigenvalue weighted by atomic mass is 9.96. The number of halogens is 1. The monoisotopic (exact) mass is 413 g/mol. The van der Waals surface area contributed by atoms with E-state index in [9.17, 15) is 9.18 Å². The number of hydrogen-bond donors (Lipinski definition) is 2. The summed E-state index contributed by atoms with van der Waals surface area (Å²) in [4.78, 5) is 11.9. The van der Waals surface area contributed by atoms with Crippen LogP contribution in [0.15, 0.2) is 42.6 Å². The summed E-state index contributed by atoms with van der Waals surface area (Å²) in [6.45, 7) is 7.45. The molecule has 1 atom stereocenters. The van der Waals surface area contributed by atoms with Gasteiger partial charge in [-0.15, -0.1) is 0 Å². The second-order valence-corrected chi connectivity index (χ2v) is 8.22. The molecular weight excluding hydrogens is 385 g/mol. The van der Waals surface area contributed by atoms with Gasteiger partial charge in [0, 0.05) is 12.1 Å². The van der Waals surface area contributed by atoms with Crippen LogP contribution in [0.3, 0.4) is 0 Å². The number of nitrogens with zero attached hydrogens (tertiary/aromatic N) is 1. The number of aromatic amines is 1. The Balaban J connectivity index is 1.75. The number of alkyl halides is 1. The van der Waals surface area contributed by atoms with E-state index in [0.29, 0.717) is 12.3 Å². The van der Waals surface area contributed by atoms with Crippen molar-refractivity contribution in [2.75, 3.05) is 19.8 Å². The Morgan fingerprint density at radius 2 is 1.93 bits per heavy atom. The van der Waals surface area contributed by atoms with E-state index in [-0.39, 0.29) is 12.5 Å². The fourth-order valence-electron chi connectivity index (χ4n) is 3.17. The van der Waals surface area contributed by atoms with Gasteiger partial charge in [0.1, 0.15) is 24.6 Å². The van der Waals surface area contributed by atoms with Gasteiger partial charge in [0.05, 0.1) is 17.1 Å². The second-order valence-electron chi connectivity index (χ2n) is 8.22. The second kappa shape index (κ2) is 9.15. The van der Waals surface area contributed by atoms with Crippen LogP contribution in [0.1, 0.15) is 39.2 Å². The van der Waals surface area contributed by atoms with Crippen molar-refractivity contribution < 1.29 is 18.7 Å². The molecular formula is C23H28FN3O3. The molecule has 2 aromatic carbocycles. The summed E-state index contributed by atoms with van der Waals surface area (Å²) in [5, 5.41) is 10.6. The maximum Gasteiger partial charge on any atom is 0.407 e. The molecule has 2 N–H and O–H groups in total. The molecule has 0 fully saturated rings. The summed E-state index contributed by atoms with van der Waals surface area (Å²) in [6, 6.07) is 11.9. The molecule has 0 aliphatic heterocycles. The van der Waals surface area contributed by atoms with Gasteiger partial charge >= 0.3 is 6.09 Å². The largest absolute Gasteiger partial charge is 0.489 e. The third-order valence-corrected chi connectivity index (χ3v) is 4.64. The zero-order chi connectivity index (χ0) is 21.7. The Morgan fingerprint density at radius 1 is 1.20 bits per heavy atom. The van der Waals surface area contributed by atoms with E-state index >= 15 is 0 Å².